The Morgan fingerprint density at radius 2 is 1.10 bits per heavy atom. The summed E-state index contributed by atoms with van der Waals surface area (Å²) in [6.07, 6.45) is 5.66. The summed E-state index contributed by atoms with van der Waals surface area (Å²) in [4.78, 5) is 2.36. The average molecular weight is 756 g/mol. The summed E-state index contributed by atoms with van der Waals surface area (Å²) in [7, 11) is 0. The van der Waals surface area contributed by atoms with Crippen LogP contribution in [-0.4, -0.2) is 0 Å². The van der Waals surface area contributed by atoms with Crippen LogP contribution < -0.4 is 4.90 Å². The van der Waals surface area contributed by atoms with Crippen molar-refractivity contribution in [3.8, 4) is 22.3 Å². The molecule has 2 heterocycles. The number of anilines is 3. The molecule has 11 aromatic rings. The maximum Gasteiger partial charge on any atom is 0.145 e. The Balaban J connectivity index is 1.14. The lowest BCUT2D eigenvalue weighted by Gasteiger charge is -2.27. The first-order valence-electron chi connectivity index (χ1n) is 19.9. The van der Waals surface area contributed by atoms with Gasteiger partial charge in [0.05, 0.1) is 22.1 Å². The van der Waals surface area contributed by atoms with Crippen LogP contribution in [0.5, 0.6) is 0 Å². The molecule has 3 heteroatoms. The highest BCUT2D eigenvalue weighted by molar-refractivity contribution is 6.19. The highest BCUT2D eigenvalue weighted by Crippen LogP contribution is 2.49. The van der Waals surface area contributed by atoms with E-state index in [1.807, 2.05) is 30.4 Å². The number of fused-ring (bicyclic) bond motifs is 9. The zero-order valence-corrected chi connectivity index (χ0v) is 32.2. The lowest BCUT2D eigenvalue weighted by Crippen LogP contribution is -2.11. The summed E-state index contributed by atoms with van der Waals surface area (Å²) in [5, 5.41) is 9.12. The minimum Gasteiger partial charge on any atom is -0.456 e. The average Bonchev–Trinajstić information content (AvgIpc) is 3.88. The molecule has 0 bridgehead atoms. The number of rotatable bonds is 8. The van der Waals surface area contributed by atoms with Crippen LogP contribution in [0, 0.1) is 0 Å². The van der Waals surface area contributed by atoms with Gasteiger partial charge in [0, 0.05) is 22.0 Å². The van der Waals surface area contributed by atoms with Gasteiger partial charge in [-0.1, -0.05) is 153 Å². The quantitative estimate of drug-likeness (QED) is 0.114. The summed E-state index contributed by atoms with van der Waals surface area (Å²) in [5.41, 5.74) is 12.6. The van der Waals surface area contributed by atoms with Gasteiger partial charge in [0.1, 0.15) is 22.3 Å². The molecule has 2 aromatic heterocycles. The maximum atomic E-state index is 6.93. The van der Waals surface area contributed by atoms with Crippen LogP contribution >= 0.6 is 0 Å². The van der Waals surface area contributed by atoms with E-state index in [0.29, 0.717) is 0 Å². The molecule has 59 heavy (non-hydrogen) atoms. The molecule has 278 valence electrons. The zero-order valence-electron chi connectivity index (χ0n) is 32.2. The summed E-state index contributed by atoms with van der Waals surface area (Å²) < 4.78 is 13.4. The van der Waals surface area contributed by atoms with Crippen LogP contribution in [0.2, 0.25) is 0 Å². The fourth-order valence-electron chi connectivity index (χ4n) is 8.73. The van der Waals surface area contributed by atoms with Gasteiger partial charge in [-0.3, -0.25) is 0 Å². The Kier molecular flexibility index (Phi) is 8.13. The standard InChI is InChI=1S/C56H37NO2/c1-3-4-13-36(2)44-32-33-50(55-48-31-27-41(35-53(48)59-56(44)55)37-14-6-5-7-15-37)57(49-19-12-21-52-54(49)47-18-10-11-20-51(47)58-52)43-28-24-38(25-29-43)40-26-30-46-42(34-40)23-22-39-16-8-9-17-45(39)46/h3-35H,1-2H2/b13-4-. The van der Waals surface area contributed by atoms with Crippen LogP contribution in [0.4, 0.5) is 17.1 Å². The van der Waals surface area contributed by atoms with Gasteiger partial charge >= 0.3 is 0 Å². The molecule has 11 rings (SSSR count). The molecule has 0 aliphatic carbocycles. The lowest BCUT2D eigenvalue weighted by molar-refractivity contribution is 0.668. The molecule has 0 N–H and O–H groups in total. The van der Waals surface area contributed by atoms with E-state index < -0.39 is 0 Å². The monoisotopic (exact) mass is 755 g/mol. The van der Waals surface area contributed by atoms with Crippen molar-refractivity contribution in [2.45, 2.75) is 0 Å². The summed E-state index contributed by atoms with van der Waals surface area (Å²) in [6, 6.07) is 64.6. The van der Waals surface area contributed by atoms with E-state index in [1.54, 1.807) is 6.08 Å². The normalized spacial score (nSPS) is 11.8. The number of allylic oxidation sites excluding steroid dienone is 4. The molecule has 0 unspecified atom stereocenters. The van der Waals surface area contributed by atoms with Crippen LogP contribution in [0.3, 0.4) is 0 Å². The molecule has 0 atom stereocenters. The topological polar surface area (TPSA) is 29.5 Å². The number of nitrogens with zero attached hydrogens (tertiary/aromatic N) is 1. The Labute approximate surface area is 341 Å². The van der Waals surface area contributed by atoms with Crippen LogP contribution in [0.25, 0.3) is 93.2 Å². The van der Waals surface area contributed by atoms with Crippen molar-refractivity contribution in [2.75, 3.05) is 4.90 Å². The van der Waals surface area contributed by atoms with Crippen molar-refractivity contribution < 1.29 is 8.83 Å². The molecule has 0 amide bonds. The maximum absolute atomic E-state index is 6.93. The van der Waals surface area contributed by atoms with Crippen molar-refractivity contribution in [3.63, 3.8) is 0 Å². The second-order valence-electron chi connectivity index (χ2n) is 15.0. The van der Waals surface area contributed by atoms with E-state index in [-0.39, 0.29) is 0 Å². The molecule has 0 aliphatic heterocycles. The van der Waals surface area contributed by atoms with Gasteiger partial charge in [0.15, 0.2) is 0 Å². The third kappa shape index (κ3) is 5.75. The van der Waals surface area contributed by atoms with E-state index >= 15 is 0 Å². The number of hydrogen-bond donors (Lipinski definition) is 0. The van der Waals surface area contributed by atoms with E-state index in [4.69, 9.17) is 8.83 Å². The van der Waals surface area contributed by atoms with Crippen LogP contribution in [0.15, 0.2) is 222 Å². The fourth-order valence-corrected chi connectivity index (χ4v) is 8.73. The predicted molar refractivity (Wildman–Crippen MR) is 250 cm³/mol. The van der Waals surface area contributed by atoms with Crippen molar-refractivity contribution >= 4 is 88.1 Å². The third-order valence-electron chi connectivity index (χ3n) is 11.6. The predicted octanol–water partition coefficient (Wildman–Crippen LogP) is 16.4. The van der Waals surface area contributed by atoms with E-state index in [0.717, 1.165) is 88.8 Å². The zero-order chi connectivity index (χ0) is 39.5. The van der Waals surface area contributed by atoms with Gasteiger partial charge in [-0.25, -0.2) is 0 Å². The van der Waals surface area contributed by atoms with Gasteiger partial charge in [-0.2, -0.15) is 0 Å². The Morgan fingerprint density at radius 3 is 1.95 bits per heavy atom. The first-order chi connectivity index (χ1) is 29.1. The van der Waals surface area contributed by atoms with Gasteiger partial charge in [0.25, 0.3) is 0 Å². The molecule has 0 saturated carbocycles. The molecule has 9 aromatic carbocycles. The van der Waals surface area contributed by atoms with E-state index in [1.165, 1.54) is 27.1 Å². The minimum absolute atomic E-state index is 0.774. The number of furan rings is 2. The largest absolute Gasteiger partial charge is 0.456 e. The SMILES string of the molecule is C=C/C=C\C(=C)c1ccc(N(c2ccc(-c3ccc4c(ccc5ccccc54)c3)cc2)c2cccc3oc4ccccc4c23)c2c1oc1cc(-c3ccccc3)ccc12. The lowest BCUT2D eigenvalue weighted by atomic mass is 9.97. The second-order valence-corrected chi connectivity index (χ2v) is 15.0. The van der Waals surface area contributed by atoms with Crippen molar-refractivity contribution in [1.29, 1.82) is 0 Å². The van der Waals surface area contributed by atoms with E-state index in [9.17, 15) is 0 Å². The van der Waals surface area contributed by atoms with Crippen molar-refractivity contribution in [1.82, 2.24) is 0 Å². The number of benzene rings is 9. The number of hydrogen-bond acceptors (Lipinski definition) is 3. The molecule has 0 saturated heterocycles. The molecular weight excluding hydrogens is 719 g/mol. The van der Waals surface area contributed by atoms with Crippen LogP contribution in [-0.2, 0) is 0 Å². The van der Waals surface area contributed by atoms with Gasteiger partial charge in [-0.05, 0) is 110 Å². The first-order valence-corrected chi connectivity index (χ1v) is 19.9. The molecule has 0 radical (unpaired) electrons. The molecule has 0 aliphatic rings. The fraction of sp³-hybridized carbons (Fsp3) is 0. The Bertz CT molecular complexity index is 3470. The van der Waals surface area contributed by atoms with Crippen LogP contribution in [0.1, 0.15) is 5.56 Å². The summed E-state index contributed by atoms with van der Waals surface area (Å²) in [5.74, 6) is 0. The first kappa shape index (κ1) is 34.4. The smallest absolute Gasteiger partial charge is 0.145 e. The van der Waals surface area contributed by atoms with Crippen molar-refractivity contribution in [2.24, 2.45) is 0 Å². The molecule has 0 spiro atoms. The molecule has 0 fully saturated rings. The van der Waals surface area contributed by atoms with E-state index in [2.05, 4.69) is 182 Å². The molecule has 3 nitrogen and oxygen atoms in total. The number of para-hydroxylation sites is 1. The van der Waals surface area contributed by atoms with Gasteiger partial charge in [0.2, 0.25) is 0 Å². The van der Waals surface area contributed by atoms with Gasteiger partial charge < -0.3 is 13.7 Å². The van der Waals surface area contributed by atoms with Gasteiger partial charge in [-0.15, -0.1) is 0 Å². The third-order valence-corrected chi connectivity index (χ3v) is 11.6. The highest BCUT2D eigenvalue weighted by Gasteiger charge is 2.25. The van der Waals surface area contributed by atoms with Crippen molar-refractivity contribution in [3.05, 3.63) is 219 Å². The summed E-state index contributed by atoms with van der Waals surface area (Å²) in [6.45, 7) is 8.35. The second kappa shape index (κ2) is 13.9. The Morgan fingerprint density at radius 1 is 0.458 bits per heavy atom. The highest BCUT2D eigenvalue weighted by atomic mass is 16.3. The Hall–Kier alpha value is -7.88. The minimum atomic E-state index is 0.774. The molecular formula is C56H37NO2. The summed E-state index contributed by atoms with van der Waals surface area (Å²) >= 11 is 0.